The lowest BCUT2D eigenvalue weighted by atomic mass is 10.3. The van der Waals surface area contributed by atoms with Crippen molar-refractivity contribution in [1.82, 2.24) is 0 Å². The van der Waals surface area contributed by atoms with Gasteiger partial charge in [0, 0.05) is 6.07 Å². The van der Waals surface area contributed by atoms with Crippen molar-refractivity contribution in [2.24, 2.45) is 10.2 Å². The van der Waals surface area contributed by atoms with Gasteiger partial charge in [-0.1, -0.05) is 18.2 Å². The lowest BCUT2D eigenvalue weighted by Crippen LogP contribution is -1.68. The summed E-state index contributed by atoms with van der Waals surface area (Å²) in [6.07, 6.45) is 0. The van der Waals surface area contributed by atoms with E-state index in [1.54, 1.807) is 6.07 Å². The van der Waals surface area contributed by atoms with Crippen LogP contribution in [0, 0.1) is 0 Å². The topological polar surface area (TPSA) is 65.2 Å². The van der Waals surface area contributed by atoms with Gasteiger partial charge in [0.25, 0.3) is 0 Å². The minimum atomic E-state index is -0.204. The van der Waals surface area contributed by atoms with Crippen LogP contribution in [0.3, 0.4) is 0 Å². The third kappa shape index (κ3) is 2.36. The van der Waals surface area contributed by atoms with Gasteiger partial charge in [-0.15, -0.1) is 0 Å². The first-order valence-corrected chi connectivity index (χ1v) is 4.74. The molecule has 0 aliphatic rings. The van der Waals surface area contributed by atoms with Crippen molar-refractivity contribution in [2.45, 2.75) is 0 Å². The van der Waals surface area contributed by atoms with E-state index in [1.165, 1.54) is 12.1 Å². The van der Waals surface area contributed by atoms with Crippen molar-refractivity contribution >= 4 is 11.4 Å². The fourth-order valence-electron chi connectivity index (χ4n) is 1.18. The highest BCUT2D eigenvalue weighted by atomic mass is 16.3. The molecule has 2 aromatic carbocycles. The first kappa shape index (κ1) is 10.2. The zero-order valence-electron chi connectivity index (χ0n) is 8.41. The highest BCUT2D eigenvalue weighted by molar-refractivity contribution is 5.50. The van der Waals surface area contributed by atoms with E-state index in [2.05, 4.69) is 10.2 Å². The van der Waals surface area contributed by atoms with Crippen molar-refractivity contribution in [3.05, 3.63) is 48.5 Å². The summed E-state index contributed by atoms with van der Waals surface area (Å²) in [5.41, 5.74) is 1.22. The van der Waals surface area contributed by atoms with Crippen LogP contribution in [-0.2, 0) is 0 Å². The average molecular weight is 214 g/mol. The number of rotatable bonds is 2. The summed E-state index contributed by atoms with van der Waals surface area (Å²) in [7, 11) is 0. The van der Waals surface area contributed by atoms with Crippen LogP contribution < -0.4 is 0 Å². The molecule has 0 heterocycles. The van der Waals surface area contributed by atoms with E-state index in [-0.39, 0.29) is 11.5 Å². The molecule has 2 aromatic rings. The predicted molar refractivity (Wildman–Crippen MR) is 60.4 cm³/mol. The van der Waals surface area contributed by atoms with Gasteiger partial charge in [0.2, 0.25) is 0 Å². The molecule has 80 valence electrons. The Labute approximate surface area is 92.5 Å². The van der Waals surface area contributed by atoms with Crippen LogP contribution in [0.4, 0.5) is 11.4 Å². The summed E-state index contributed by atoms with van der Waals surface area (Å²) in [4.78, 5) is 0. The van der Waals surface area contributed by atoms with Crippen molar-refractivity contribution in [3.63, 3.8) is 0 Å². The molecule has 2 N–H and O–H groups in total. The molecule has 0 aliphatic carbocycles. The maximum Gasteiger partial charge on any atom is 0.159 e. The fraction of sp³-hybridized carbons (Fsp3) is 0. The van der Waals surface area contributed by atoms with Crippen molar-refractivity contribution in [2.75, 3.05) is 0 Å². The quantitative estimate of drug-likeness (QED) is 0.593. The van der Waals surface area contributed by atoms with E-state index < -0.39 is 0 Å². The van der Waals surface area contributed by atoms with Crippen LogP contribution in [0.25, 0.3) is 0 Å². The van der Waals surface area contributed by atoms with Crippen molar-refractivity contribution < 1.29 is 10.2 Å². The van der Waals surface area contributed by atoms with Gasteiger partial charge < -0.3 is 10.2 Å². The molecule has 0 atom stereocenters. The number of aromatic hydroxyl groups is 2. The molecule has 0 fully saturated rings. The van der Waals surface area contributed by atoms with E-state index in [0.29, 0.717) is 5.69 Å². The second kappa shape index (κ2) is 4.44. The van der Waals surface area contributed by atoms with Gasteiger partial charge in [0.1, 0.15) is 0 Å². The van der Waals surface area contributed by atoms with E-state index in [9.17, 15) is 5.11 Å². The fourth-order valence-corrected chi connectivity index (χ4v) is 1.18. The third-order valence-corrected chi connectivity index (χ3v) is 2.00. The average Bonchev–Trinajstić information content (AvgIpc) is 2.32. The van der Waals surface area contributed by atoms with Gasteiger partial charge in [0.05, 0.1) is 11.4 Å². The second-order valence-electron chi connectivity index (χ2n) is 3.21. The highest BCUT2D eigenvalue weighted by Gasteiger charge is 1.98. The lowest BCUT2D eigenvalue weighted by molar-refractivity contribution is 0.404. The van der Waals surface area contributed by atoms with E-state index in [1.807, 2.05) is 30.3 Å². The maximum absolute atomic E-state index is 9.25. The van der Waals surface area contributed by atoms with E-state index in [0.717, 1.165) is 5.69 Å². The molecule has 0 spiro atoms. The van der Waals surface area contributed by atoms with Crippen LogP contribution >= 0.6 is 0 Å². The molecule has 2 rings (SSSR count). The molecule has 0 radical (unpaired) electrons. The van der Waals surface area contributed by atoms with Gasteiger partial charge in [-0.25, -0.2) is 0 Å². The Morgan fingerprint density at radius 3 is 2.06 bits per heavy atom. The molecule has 0 saturated carbocycles. The van der Waals surface area contributed by atoms with Crippen molar-refractivity contribution in [1.29, 1.82) is 0 Å². The van der Waals surface area contributed by atoms with Crippen molar-refractivity contribution in [3.8, 4) is 11.5 Å². The van der Waals surface area contributed by atoms with Gasteiger partial charge in [0.15, 0.2) is 11.5 Å². The Bertz CT molecular complexity index is 510. The molecule has 0 aromatic heterocycles. The monoisotopic (exact) mass is 214 g/mol. The number of nitrogens with zero attached hydrogens (tertiary/aromatic N) is 2. The Morgan fingerprint density at radius 2 is 1.38 bits per heavy atom. The van der Waals surface area contributed by atoms with Gasteiger partial charge in [-0.05, 0) is 24.3 Å². The summed E-state index contributed by atoms with van der Waals surface area (Å²) in [6.45, 7) is 0. The smallest absolute Gasteiger partial charge is 0.159 e. The molecule has 0 saturated heterocycles. The number of benzene rings is 2. The minimum absolute atomic E-state index is 0.168. The van der Waals surface area contributed by atoms with Crippen LogP contribution in [0.1, 0.15) is 0 Å². The molecular formula is C12H10N2O2. The highest BCUT2D eigenvalue weighted by Crippen LogP contribution is 2.29. The lowest BCUT2D eigenvalue weighted by Gasteiger charge is -1.97. The molecule has 0 amide bonds. The summed E-state index contributed by atoms with van der Waals surface area (Å²) >= 11 is 0. The summed E-state index contributed by atoms with van der Waals surface area (Å²) in [6, 6.07) is 13.6. The predicted octanol–water partition coefficient (Wildman–Crippen LogP) is 3.51. The SMILES string of the molecule is Oc1ccc(/N=N/c2ccccc2)cc1O. The van der Waals surface area contributed by atoms with Gasteiger partial charge >= 0.3 is 0 Å². The van der Waals surface area contributed by atoms with Crippen LogP contribution in [0.5, 0.6) is 11.5 Å². The largest absolute Gasteiger partial charge is 0.504 e. The zero-order chi connectivity index (χ0) is 11.4. The molecule has 0 bridgehead atoms. The summed E-state index contributed by atoms with van der Waals surface area (Å²) in [5, 5.41) is 26.3. The standard InChI is InChI=1S/C12H10N2O2/c15-11-7-6-10(8-12(11)16)14-13-9-4-2-1-3-5-9/h1-8,15-16H/b14-13+. The third-order valence-electron chi connectivity index (χ3n) is 2.00. The molecule has 4 heteroatoms. The van der Waals surface area contributed by atoms with E-state index >= 15 is 0 Å². The molecule has 0 aliphatic heterocycles. The second-order valence-corrected chi connectivity index (χ2v) is 3.21. The number of phenolic OH excluding ortho intramolecular Hbond substituents is 2. The summed E-state index contributed by atoms with van der Waals surface area (Å²) in [5.74, 6) is -0.372. The first-order valence-electron chi connectivity index (χ1n) is 4.74. The normalized spacial score (nSPS) is 10.8. The molecule has 16 heavy (non-hydrogen) atoms. The Balaban J connectivity index is 2.21. The van der Waals surface area contributed by atoms with Crippen LogP contribution in [0.15, 0.2) is 58.8 Å². The minimum Gasteiger partial charge on any atom is -0.504 e. The molecule has 4 nitrogen and oxygen atoms in total. The molecule has 0 unspecified atom stereocenters. The van der Waals surface area contributed by atoms with E-state index in [4.69, 9.17) is 5.11 Å². The number of hydrogen-bond acceptors (Lipinski definition) is 4. The Morgan fingerprint density at radius 1 is 0.688 bits per heavy atom. The Hall–Kier alpha value is -2.36. The Kier molecular flexibility index (Phi) is 2.82. The zero-order valence-corrected chi connectivity index (χ0v) is 8.41. The van der Waals surface area contributed by atoms with Gasteiger partial charge in [-0.3, -0.25) is 0 Å². The van der Waals surface area contributed by atoms with Gasteiger partial charge in [-0.2, -0.15) is 10.2 Å². The number of hydrogen-bond donors (Lipinski definition) is 2. The maximum atomic E-state index is 9.25. The van der Waals surface area contributed by atoms with Crippen LogP contribution in [-0.4, -0.2) is 10.2 Å². The van der Waals surface area contributed by atoms with Crippen LogP contribution in [0.2, 0.25) is 0 Å². The first-order chi connectivity index (χ1) is 7.75. The number of azo groups is 1. The number of phenols is 2. The summed E-state index contributed by atoms with van der Waals surface area (Å²) < 4.78 is 0. The molecular weight excluding hydrogens is 204 g/mol.